The Morgan fingerprint density at radius 3 is 2.61 bits per heavy atom. The Labute approximate surface area is 178 Å². The lowest BCUT2D eigenvalue weighted by Crippen LogP contribution is -2.34. The maximum atomic E-state index is 12.3. The van der Waals surface area contributed by atoms with Crippen molar-refractivity contribution in [1.82, 2.24) is 24.5 Å². The molecule has 1 aromatic carbocycles. The Morgan fingerprint density at radius 1 is 1.19 bits per heavy atom. The lowest BCUT2D eigenvalue weighted by atomic mass is 10.1. The van der Waals surface area contributed by atoms with Crippen LogP contribution in [0, 0.1) is 0 Å². The number of aromatic nitrogens is 4. The first kappa shape index (κ1) is 21.8. The Hall–Kier alpha value is -3.95. The molecule has 0 atom stereocenters. The second-order valence-corrected chi connectivity index (χ2v) is 7.26. The van der Waals surface area contributed by atoms with E-state index in [-0.39, 0.29) is 30.7 Å². The molecule has 0 aliphatic rings. The van der Waals surface area contributed by atoms with Crippen LogP contribution in [-0.4, -0.2) is 62.2 Å². The molecule has 0 saturated heterocycles. The molecule has 2 heterocycles. The second-order valence-electron chi connectivity index (χ2n) is 7.26. The summed E-state index contributed by atoms with van der Waals surface area (Å²) in [5, 5.41) is 18.1. The molecule has 0 fully saturated rings. The fourth-order valence-corrected chi connectivity index (χ4v) is 3.03. The molecule has 3 aromatic rings. The smallest absolute Gasteiger partial charge is 0.411 e. The van der Waals surface area contributed by atoms with Crippen molar-refractivity contribution in [2.24, 2.45) is 7.05 Å². The standard InChI is InChI=1S/C21H24N6O4/c1-24(2)20(29)8-9-26(21(30)31)16-6-4-5-15(11-16)12-18-19(28)7-10-27(23-18)17-13-22-25(3)14-17/h4-7,10-11,13-14H,8-9,12H2,1-3H3,(H,30,31). The van der Waals surface area contributed by atoms with Gasteiger partial charge in [-0.3, -0.25) is 19.2 Å². The van der Waals surface area contributed by atoms with E-state index in [9.17, 15) is 19.5 Å². The summed E-state index contributed by atoms with van der Waals surface area (Å²) in [6.07, 6.45) is 4.15. The van der Waals surface area contributed by atoms with E-state index in [1.807, 2.05) is 0 Å². The first-order valence-corrected chi connectivity index (χ1v) is 9.62. The molecule has 162 valence electrons. The summed E-state index contributed by atoms with van der Waals surface area (Å²) in [6.45, 7) is 0.0349. The second kappa shape index (κ2) is 9.24. The van der Waals surface area contributed by atoms with Gasteiger partial charge in [-0.25, -0.2) is 9.48 Å². The summed E-state index contributed by atoms with van der Waals surface area (Å²) in [4.78, 5) is 38.5. The number of nitrogens with zero attached hydrogens (tertiary/aromatic N) is 6. The number of carbonyl (C=O) groups excluding carboxylic acids is 1. The first-order valence-electron chi connectivity index (χ1n) is 9.62. The molecule has 10 heteroatoms. The third-order valence-electron chi connectivity index (χ3n) is 4.71. The lowest BCUT2D eigenvalue weighted by Gasteiger charge is -2.21. The molecular formula is C21H24N6O4. The average molecular weight is 424 g/mol. The topological polar surface area (TPSA) is 114 Å². The molecule has 0 saturated carbocycles. The number of benzene rings is 1. The van der Waals surface area contributed by atoms with Crippen LogP contribution in [0.25, 0.3) is 5.69 Å². The Morgan fingerprint density at radius 2 is 1.97 bits per heavy atom. The number of hydrogen-bond donors (Lipinski definition) is 1. The van der Waals surface area contributed by atoms with E-state index in [1.54, 1.807) is 73.4 Å². The van der Waals surface area contributed by atoms with E-state index in [0.717, 1.165) is 16.2 Å². The van der Waals surface area contributed by atoms with Crippen molar-refractivity contribution in [3.8, 4) is 5.69 Å². The van der Waals surface area contributed by atoms with Crippen LogP contribution < -0.4 is 10.3 Å². The number of anilines is 1. The van der Waals surface area contributed by atoms with Gasteiger partial charge in [-0.15, -0.1) is 0 Å². The van der Waals surface area contributed by atoms with Crippen LogP contribution in [0.2, 0.25) is 0 Å². The minimum atomic E-state index is -1.15. The Kier molecular flexibility index (Phi) is 6.49. The minimum Gasteiger partial charge on any atom is -0.465 e. The highest BCUT2D eigenvalue weighted by Crippen LogP contribution is 2.19. The minimum absolute atomic E-state index is 0.0349. The molecule has 0 aliphatic carbocycles. The third kappa shape index (κ3) is 5.35. The van der Waals surface area contributed by atoms with Gasteiger partial charge in [0.2, 0.25) is 11.3 Å². The summed E-state index contributed by atoms with van der Waals surface area (Å²) in [6, 6.07) is 8.31. The summed E-state index contributed by atoms with van der Waals surface area (Å²) in [7, 11) is 5.04. The van der Waals surface area contributed by atoms with Gasteiger partial charge in [0, 0.05) is 58.5 Å². The van der Waals surface area contributed by atoms with Crippen molar-refractivity contribution in [1.29, 1.82) is 0 Å². The Balaban J connectivity index is 1.83. The molecule has 10 nitrogen and oxygen atoms in total. The van der Waals surface area contributed by atoms with Crippen LogP contribution in [0.1, 0.15) is 17.7 Å². The van der Waals surface area contributed by atoms with Crippen LogP contribution in [-0.2, 0) is 18.3 Å². The highest BCUT2D eigenvalue weighted by Gasteiger charge is 2.17. The van der Waals surface area contributed by atoms with Crippen molar-refractivity contribution in [3.05, 3.63) is 70.4 Å². The lowest BCUT2D eigenvalue weighted by molar-refractivity contribution is -0.128. The zero-order valence-corrected chi connectivity index (χ0v) is 17.6. The molecule has 0 spiro atoms. The molecular weight excluding hydrogens is 400 g/mol. The normalized spacial score (nSPS) is 10.7. The largest absolute Gasteiger partial charge is 0.465 e. The Bertz CT molecular complexity index is 1150. The van der Waals surface area contributed by atoms with Gasteiger partial charge >= 0.3 is 6.09 Å². The molecule has 2 amide bonds. The first-order chi connectivity index (χ1) is 14.7. The van der Waals surface area contributed by atoms with Crippen LogP contribution in [0.4, 0.5) is 10.5 Å². The zero-order valence-electron chi connectivity index (χ0n) is 17.6. The van der Waals surface area contributed by atoms with E-state index in [1.165, 1.54) is 11.0 Å². The van der Waals surface area contributed by atoms with Crippen molar-refractivity contribution in [2.75, 3.05) is 25.5 Å². The summed E-state index contributed by atoms with van der Waals surface area (Å²) in [5.74, 6) is -0.160. The van der Waals surface area contributed by atoms with Gasteiger partial charge in [-0.2, -0.15) is 10.2 Å². The van der Waals surface area contributed by atoms with Crippen molar-refractivity contribution < 1.29 is 14.7 Å². The van der Waals surface area contributed by atoms with Gasteiger partial charge in [0.05, 0.1) is 12.4 Å². The highest BCUT2D eigenvalue weighted by molar-refractivity contribution is 5.87. The van der Waals surface area contributed by atoms with E-state index >= 15 is 0 Å². The van der Waals surface area contributed by atoms with Crippen molar-refractivity contribution in [3.63, 3.8) is 0 Å². The number of rotatable bonds is 7. The number of aryl methyl sites for hydroxylation is 1. The molecule has 1 N–H and O–H groups in total. The molecule has 3 rings (SSSR count). The predicted octanol–water partition coefficient (Wildman–Crippen LogP) is 1.52. The fourth-order valence-electron chi connectivity index (χ4n) is 3.03. The predicted molar refractivity (Wildman–Crippen MR) is 115 cm³/mol. The third-order valence-corrected chi connectivity index (χ3v) is 4.71. The monoisotopic (exact) mass is 424 g/mol. The molecule has 31 heavy (non-hydrogen) atoms. The molecule has 2 aromatic heterocycles. The maximum Gasteiger partial charge on any atom is 0.411 e. The molecule has 0 bridgehead atoms. The van der Waals surface area contributed by atoms with E-state index in [0.29, 0.717) is 11.4 Å². The van der Waals surface area contributed by atoms with Gasteiger partial charge in [0.15, 0.2) is 0 Å². The zero-order chi connectivity index (χ0) is 22.5. The van der Waals surface area contributed by atoms with Crippen LogP contribution in [0.3, 0.4) is 0 Å². The molecule has 0 radical (unpaired) electrons. The van der Waals surface area contributed by atoms with Gasteiger partial charge in [0.1, 0.15) is 11.4 Å². The number of carboxylic acid groups (broad SMARTS) is 1. The van der Waals surface area contributed by atoms with E-state index in [4.69, 9.17) is 0 Å². The summed E-state index contributed by atoms with van der Waals surface area (Å²) < 4.78 is 3.21. The average Bonchev–Trinajstić information content (AvgIpc) is 3.16. The number of carbonyl (C=O) groups is 2. The fraction of sp³-hybridized carbons (Fsp3) is 0.286. The van der Waals surface area contributed by atoms with Crippen LogP contribution >= 0.6 is 0 Å². The van der Waals surface area contributed by atoms with Gasteiger partial charge in [-0.05, 0) is 17.7 Å². The van der Waals surface area contributed by atoms with Gasteiger partial charge in [-0.1, -0.05) is 12.1 Å². The van der Waals surface area contributed by atoms with E-state index in [2.05, 4.69) is 10.2 Å². The molecule has 0 unspecified atom stereocenters. The van der Waals surface area contributed by atoms with Gasteiger partial charge < -0.3 is 10.0 Å². The number of amides is 2. The van der Waals surface area contributed by atoms with E-state index < -0.39 is 6.09 Å². The summed E-state index contributed by atoms with van der Waals surface area (Å²) >= 11 is 0. The highest BCUT2D eigenvalue weighted by atomic mass is 16.4. The molecule has 0 aliphatic heterocycles. The number of hydrogen-bond acceptors (Lipinski definition) is 5. The van der Waals surface area contributed by atoms with Crippen LogP contribution in [0.5, 0.6) is 0 Å². The quantitative estimate of drug-likeness (QED) is 0.615. The SMILES string of the molecule is CN(C)C(=O)CCN(C(=O)O)c1cccc(Cc2nn(-c3cnn(C)c3)ccc2=O)c1. The van der Waals surface area contributed by atoms with Crippen LogP contribution in [0.15, 0.2) is 53.7 Å². The van der Waals surface area contributed by atoms with Crippen molar-refractivity contribution >= 4 is 17.7 Å². The van der Waals surface area contributed by atoms with Gasteiger partial charge in [0.25, 0.3) is 0 Å². The maximum absolute atomic E-state index is 12.3. The van der Waals surface area contributed by atoms with Crippen molar-refractivity contribution in [2.45, 2.75) is 12.8 Å². The summed E-state index contributed by atoms with van der Waals surface area (Å²) in [5.41, 5.74) is 2.00.